The Kier molecular flexibility index (Phi) is 5.31. The van der Waals surface area contributed by atoms with Crippen molar-refractivity contribution in [3.63, 3.8) is 0 Å². The molecule has 1 saturated heterocycles. The Morgan fingerprint density at radius 3 is 2.36 bits per heavy atom. The summed E-state index contributed by atoms with van der Waals surface area (Å²) in [5.41, 5.74) is 1.40. The maximum Gasteiger partial charge on any atom is 0.257 e. The van der Waals surface area contributed by atoms with E-state index in [1.165, 1.54) is 12.4 Å². The van der Waals surface area contributed by atoms with Crippen molar-refractivity contribution in [2.24, 2.45) is 0 Å². The molecule has 0 radical (unpaired) electrons. The van der Waals surface area contributed by atoms with E-state index in [2.05, 4.69) is 15.2 Å². The van der Waals surface area contributed by atoms with E-state index in [0.717, 1.165) is 13.1 Å². The van der Waals surface area contributed by atoms with Crippen molar-refractivity contribution in [1.82, 2.24) is 14.8 Å². The van der Waals surface area contributed by atoms with Crippen molar-refractivity contribution in [3.05, 3.63) is 58.9 Å². The lowest BCUT2D eigenvalue weighted by atomic mass is 10.1. The number of rotatable bonds is 3. The molecule has 1 aromatic carbocycles. The highest BCUT2D eigenvalue weighted by atomic mass is 35.5. The second-order valence-electron chi connectivity index (χ2n) is 6.02. The topological polar surface area (TPSA) is 65.5 Å². The van der Waals surface area contributed by atoms with Crippen LogP contribution in [0.5, 0.6) is 0 Å². The van der Waals surface area contributed by atoms with Gasteiger partial charge in [0, 0.05) is 49.3 Å². The first-order chi connectivity index (χ1) is 12.0. The number of amides is 2. The van der Waals surface area contributed by atoms with Crippen molar-refractivity contribution in [3.8, 4) is 0 Å². The number of pyridine rings is 1. The molecule has 25 heavy (non-hydrogen) atoms. The fourth-order valence-corrected chi connectivity index (χ4v) is 2.74. The molecule has 2 heterocycles. The van der Waals surface area contributed by atoms with Crippen molar-refractivity contribution < 1.29 is 9.59 Å². The van der Waals surface area contributed by atoms with E-state index in [0.29, 0.717) is 34.9 Å². The minimum Gasteiger partial charge on any atom is -0.336 e. The van der Waals surface area contributed by atoms with Gasteiger partial charge in [0.05, 0.1) is 11.1 Å². The largest absolute Gasteiger partial charge is 0.336 e. The smallest absolute Gasteiger partial charge is 0.257 e. The van der Waals surface area contributed by atoms with Crippen LogP contribution < -0.4 is 5.32 Å². The number of aromatic nitrogens is 1. The number of benzene rings is 1. The summed E-state index contributed by atoms with van der Waals surface area (Å²) in [6.07, 6.45) is 2.95. The minimum absolute atomic E-state index is 0.0956. The van der Waals surface area contributed by atoms with Crippen LogP contribution in [0, 0.1) is 0 Å². The molecule has 0 saturated carbocycles. The Bertz CT molecular complexity index is 771. The van der Waals surface area contributed by atoms with Gasteiger partial charge in [-0.15, -0.1) is 0 Å². The molecule has 0 bridgehead atoms. The molecule has 1 aliphatic heterocycles. The van der Waals surface area contributed by atoms with Gasteiger partial charge in [0.1, 0.15) is 0 Å². The average molecular weight is 359 g/mol. The van der Waals surface area contributed by atoms with Gasteiger partial charge in [0.2, 0.25) is 0 Å². The van der Waals surface area contributed by atoms with Gasteiger partial charge in [-0.2, -0.15) is 0 Å². The van der Waals surface area contributed by atoms with E-state index in [9.17, 15) is 9.59 Å². The molecule has 1 fully saturated rings. The summed E-state index contributed by atoms with van der Waals surface area (Å²) in [5.74, 6) is -0.412. The van der Waals surface area contributed by atoms with Crippen LogP contribution in [0.3, 0.4) is 0 Å². The molecular formula is C18H19ClN4O2. The number of piperazine rings is 1. The highest BCUT2D eigenvalue weighted by molar-refractivity contribution is 6.30. The molecule has 130 valence electrons. The van der Waals surface area contributed by atoms with Crippen LogP contribution in [0.1, 0.15) is 20.7 Å². The van der Waals surface area contributed by atoms with Crippen molar-refractivity contribution in [2.45, 2.75) is 0 Å². The molecule has 0 spiro atoms. The highest BCUT2D eigenvalue weighted by Crippen LogP contribution is 2.15. The summed E-state index contributed by atoms with van der Waals surface area (Å²) in [6.45, 7) is 3.04. The molecule has 1 N–H and O–H groups in total. The fraction of sp³-hybridized carbons (Fsp3) is 0.278. The van der Waals surface area contributed by atoms with Gasteiger partial charge in [-0.25, -0.2) is 0 Å². The lowest BCUT2D eigenvalue weighted by Gasteiger charge is -2.32. The van der Waals surface area contributed by atoms with E-state index in [4.69, 9.17) is 11.6 Å². The van der Waals surface area contributed by atoms with Gasteiger partial charge in [-0.05, 0) is 37.4 Å². The van der Waals surface area contributed by atoms with Crippen LogP contribution in [0.15, 0.2) is 42.7 Å². The van der Waals surface area contributed by atoms with Gasteiger partial charge in [0.25, 0.3) is 11.8 Å². The first-order valence-electron chi connectivity index (χ1n) is 8.03. The summed E-state index contributed by atoms with van der Waals surface area (Å²) in [4.78, 5) is 33.0. The molecule has 0 aliphatic carbocycles. The molecule has 2 amide bonds. The zero-order valence-corrected chi connectivity index (χ0v) is 14.7. The predicted molar refractivity (Wildman–Crippen MR) is 97.0 cm³/mol. The Labute approximate surface area is 151 Å². The van der Waals surface area contributed by atoms with E-state index in [1.807, 2.05) is 7.05 Å². The average Bonchev–Trinajstić information content (AvgIpc) is 2.64. The molecule has 1 aromatic heterocycles. The van der Waals surface area contributed by atoms with Crippen molar-refractivity contribution in [1.29, 1.82) is 0 Å². The van der Waals surface area contributed by atoms with Crippen LogP contribution in [0.4, 0.5) is 5.69 Å². The van der Waals surface area contributed by atoms with Gasteiger partial charge in [0.15, 0.2) is 0 Å². The fourth-order valence-electron chi connectivity index (χ4n) is 2.61. The van der Waals surface area contributed by atoms with Gasteiger partial charge >= 0.3 is 0 Å². The summed E-state index contributed by atoms with van der Waals surface area (Å²) in [7, 11) is 2.03. The van der Waals surface area contributed by atoms with E-state index in [-0.39, 0.29) is 11.8 Å². The number of halogens is 1. The Morgan fingerprint density at radius 1 is 1.04 bits per heavy atom. The van der Waals surface area contributed by atoms with E-state index < -0.39 is 0 Å². The summed E-state index contributed by atoms with van der Waals surface area (Å²) in [5, 5.41) is 3.36. The summed E-state index contributed by atoms with van der Waals surface area (Å²) >= 11 is 5.84. The quantitative estimate of drug-likeness (QED) is 0.914. The Balaban J connectivity index is 1.71. The van der Waals surface area contributed by atoms with Crippen LogP contribution >= 0.6 is 11.6 Å². The summed E-state index contributed by atoms with van der Waals surface area (Å²) < 4.78 is 0. The third-order valence-electron chi connectivity index (χ3n) is 4.14. The Hall–Kier alpha value is -2.44. The van der Waals surface area contributed by atoms with E-state index in [1.54, 1.807) is 35.2 Å². The number of likely N-dealkylation sites (N-methyl/N-ethyl adjacent to an activating group) is 1. The van der Waals surface area contributed by atoms with Gasteiger partial charge in [-0.3, -0.25) is 14.6 Å². The standard InChI is InChI=1S/C18H19ClN4O2/c1-22-6-8-23(9-7-22)18(25)14-10-13(11-20-12-14)17(24)21-16-4-2-15(19)3-5-16/h2-5,10-12H,6-9H2,1H3,(H,21,24). The lowest BCUT2D eigenvalue weighted by Crippen LogP contribution is -2.47. The number of carbonyl (C=O) groups is 2. The van der Waals surface area contributed by atoms with Crippen LogP contribution in [0.25, 0.3) is 0 Å². The van der Waals surface area contributed by atoms with Crippen LogP contribution in [-0.2, 0) is 0 Å². The van der Waals surface area contributed by atoms with Crippen LogP contribution in [-0.4, -0.2) is 59.8 Å². The van der Waals surface area contributed by atoms with Crippen molar-refractivity contribution in [2.75, 3.05) is 38.5 Å². The normalized spacial score (nSPS) is 15.0. The lowest BCUT2D eigenvalue weighted by molar-refractivity contribution is 0.0663. The monoisotopic (exact) mass is 358 g/mol. The molecule has 0 unspecified atom stereocenters. The predicted octanol–water partition coefficient (Wildman–Crippen LogP) is 2.37. The number of hydrogen-bond acceptors (Lipinski definition) is 4. The number of anilines is 1. The SMILES string of the molecule is CN1CCN(C(=O)c2cncc(C(=O)Nc3ccc(Cl)cc3)c2)CC1. The molecular weight excluding hydrogens is 340 g/mol. The zero-order chi connectivity index (χ0) is 17.8. The first kappa shape index (κ1) is 17.4. The maximum absolute atomic E-state index is 12.6. The molecule has 2 aromatic rings. The van der Waals surface area contributed by atoms with E-state index >= 15 is 0 Å². The minimum atomic E-state index is -0.317. The second-order valence-corrected chi connectivity index (χ2v) is 6.46. The number of carbonyl (C=O) groups excluding carboxylic acids is 2. The van der Waals surface area contributed by atoms with Crippen LogP contribution in [0.2, 0.25) is 5.02 Å². The summed E-state index contributed by atoms with van der Waals surface area (Å²) in [6, 6.07) is 8.41. The molecule has 7 heteroatoms. The maximum atomic E-state index is 12.6. The Morgan fingerprint density at radius 2 is 1.68 bits per heavy atom. The molecule has 0 atom stereocenters. The van der Waals surface area contributed by atoms with Gasteiger partial charge in [-0.1, -0.05) is 11.6 Å². The van der Waals surface area contributed by atoms with Gasteiger partial charge < -0.3 is 15.1 Å². The second kappa shape index (κ2) is 7.63. The first-order valence-corrected chi connectivity index (χ1v) is 8.40. The number of hydrogen-bond donors (Lipinski definition) is 1. The number of nitrogens with zero attached hydrogens (tertiary/aromatic N) is 3. The molecule has 1 aliphatic rings. The molecule has 3 rings (SSSR count). The highest BCUT2D eigenvalue weighted by Gasteiger charge is 2.21. The zero-order valence-electron chi connectivity index (χ0n) is 13.9. The third kappa shape index (κ3) is 4.35. The molecule has 6 nitrogen and oxygen atoms in total. The van der Waals surface area contributed by atoms with Crippen molar-refractivity contribution >= 4 is 29.1 Å². The number of nitrogens with one attached hydrogen (secondary N) is 1. The third-order valence-corrected chi connectivity index (χ3v) is 4.39.